The molecule has 0 radical (unpaired) electrons. The highest BCUT2D eigenvalue weighted by atomic mass is 14.4. The van der Waals surface area contributed by atoms with Gasteiger partial charge in [0, 0.05) is 0 Å². The van der Waals surface area contributed by atoms with Crippen molar-refractivity contribution < 1.29 is 0 Å². The van der Waals surface area contributed by atoms with Gasteiger partial charge in [-0.1, -0.05) is 33.3 Å². The molecule has 0 amide bonds. The SMILES string of the molecule is C=C(C)CCC1C(C)CC(C)C(C)C1C. The van der Waals surface area contributed by atoms with Gasteiger partial charge in [0.05, 0.1) is 0 Å². The van der Waals surface area contributed by atoms with Crippen molar-refractivity contribution in [3.63, 3.8) is 0 Å². The Bertz CT molecular complexity index is 216. The quantitative estimate of drug-likeness (QED) is 0.578. The lowest BCUT2D eigenvalue weighted by Crippen LogP contribution is -2.35. The molecule has 1 aliphatic rings. The summed E-state index contributed by atoms with van der Waals surface area (Å²) in [4.78, 5) is 0. The lowest BCUT2D eigenvalue weighted by atomic mass is 9.63. The molecule has 0 bridgehead atoms. The Balaban J connectivity index is 2.57. The van der Waals surface area contributed by atoms with E-state index in [9.17, 15) is 0 Å². The maximum atomic E-state index is 4.02. The molecule has 0 nitrogen and oxygen atoms in total. The number of hydrogen-bond donors (Lipinski definition) is 0. The minimum atomic E-state index is 0.892. The molecule has 0 N–H and O–H groups in total. The number of rotatable bonds is 3. The average molecular weight is 208 g/mol. The Morgan fingerprint density at radius 1 is 1.07 bits per heavy atom. The van der Waals surface area contributed by atoms with Crippen LogP contribution in [0.15, 0.2) is 12.2 Å². The van der Waals surface area contributed by atoms with Gasteiger partial charge in [-0.3, -0.25) is 0 Å². The summed E-state index contributed by atoms with van der Waals surface area (Å²) >= 11 is 0. The highest BCUT2D eigenvalue weighted by molar-refractivity contribution is 4.92. The Kier molecular flexibility index (Phi) is 4.43. The van der Waals surface area contributed by atoms with Crippen molar-refractivity contribution in [3.05, 3.63) is 12.2 Å². The average Bonchev–Trinajstić information content (AvgIpc) is 2.14. The highest BCUT2D eigenvalue weighted by Gasteiger charge is 2.35. The fourth-order valence-corrected chi connectivity index (χ4v) is 3.36. The molecule has 1 aliphatic carbocycles. The second kappa shape index (κ2) is 5.18. The molecule has 0 heterocycles. The lowest BCUT2D eigenvalue weighted by Gasteiger charge is -2.43. The van der Waals surface area contributed by atoms with E-state index in [2.05, 4.69) is 41.2 Å². The Labute approximate surface area is 96.2 Å². The van der Waals surface area contributed by atoms with Crippen molar-refractivity contribution in [2.24, 2.45) is 29.6 Å². The third-order valence-corrected chi connectivity index (χ3v) is 4.78. The highest BCUT2D eigenvalue weighted by Crippen LogP contribution is 2.43. The minimum Gasteiger partial charge on any atom is -0.100 e. The normalized spacial score (nSPS) is 41.5. The largest absolute Gasteiger partial charge is 0.100 e. The van der Waals surface area contributed by atoms with E-state index >= 15 is 0 Å². The predicted octanol–water partition coefficient (Wildman–Crippen LogP) is 4.91. The zero-order chi connectivity index (χ0) is 11.6. The Morgan fingerprint density at radius 2 is 1.67 bits per heavy atom. The molecule has 0 aromatic rings. The summed E-state index contributed by atoms with van der Waals surface area (Å²) in [5.74, 6) is 4.54. The minimum absolute atomic E-state index is 0.892. The van der Waals surface area contributed by atoms with Crippen LogP contribution in [0, 0.1) is 29.6 Å². The van der Waals surface area contributed by atoms with Crippen LogP contribution in [0.5, 0.6) is 0 Å². The van der Waals surface area contributed by atoms with E-state index in [4.69, 9.17) is 0 Å². The van der Waals surface area contributed by atoms with Gasteiger partial charge in [0.2, 0.25) is 0 Å². The van der Waals surface area contributed by atoms with E-state index in [0.717, 1.165) is 29.6 Å². The Hall–Kier alpha value is -0.260. The predicted molar refractivity (Wildman–Crippen MR) is 68.8 cm³/mol. The van der Waals surface area contributed by atoms with Gasteiger partial charge in [0.1, 0.15) is 0 Å². The smallest absolute Gasteiger partial charge is 0.0323 e. The molecule has 0 saturated heterocycles. The summed E-state index contributed by atoms with van der Waals surface area (Å²) in [6.07, 6.45) is 4.00. The topological polar surface area (TPSA) is 0 Å². The van der Waals surface area contributed by atoms with Crippen LogP contribution in [-0.2, 0) is 0 Å². The van der Waals surface area contributed by atoms with Gasteiger partial charge in [-0.2, -0.15) is 0 Å². The summed E-state index contributed by atoms with van der Waals surface area (Å²) in [6.45, 7) is 15.9. The molecule has 88 valence electrons. The maximum absolute atomic E-state index is 4.02. The van der Waals surface area contributed by atoms with E-state index in [1.54, 1.807) is 0 Å². The molecule has 0 heteroatoms. The van der Waals surface area contributed by atoms with Crippen molar-refractivity contribution in [2.45, 2.75) is 53.9 Å². The second-order valence-electron chi connectivity index (χ2n) is 6.07. The van der Waals surface area contributed by atoms with Gasteiger partial charge >= 0.3 is 0 Å². The van der Waals surface area contributed by atoms with Gasteiger partial charge in [-0.05, 0) is 55.8 Å². The summed E-state index contributed by atoms with van der Waals surface area (Å²) < 4.78 is 0. The van der Waals surface area contributed by atoms with Crippen LogP contribution in [0.2, 0.25) is 0 Å². The van der Waals surface area contributed by atoms with Crippen LogP contribution in [0.3, 0.4) is 0 Å². The van der Waals surface area contributed by atoms with Gasteiger partial charge in [0.25, 0.3) is 0 Å². The van der Waals surface area contributed by atoms with E-state index in [-0.39, 0.29) is 0 Å². The summed E-state index contributed by atoms with van der Waals surface area (Å²) in [7, 11) is 0. The molecular weight excluding hydrogens is 180 g/mol. The van der Waals surface area contributed by atoms with Crippen LogP contribution >= 0.6 is 0 Å². The Morgan fingerprint density at radius 3 is 2.20 bits per heavy atom. The van der Waals surface area contributed by atoms with Crippen LogP contribution in [-0.4, -0.2) is 0 Å². The van der Waals surface area contributed by atoms with Gasteiger partial charge in [0.15, 0.2) is 0 Å². The first kappa shape index (κ1) is 12.8. The van der Waals surface area contributed by atoms with Crippen LogP contribution in [0.1, 0.15) is 53.9 Å². The first-order valence-electron chi connectivity index (χ1n) is 6.57. The summed E-state index contributed by atoms with van der Waals surface area (Å²) in [5, 5.41) is 0. The van der Waals surface area contributed by atoms with E-state index < -0.39 is 0 Å². The monoisotopic (exact) mass is 208 g/mol. The summed E-state index contributed by atoms with van der Waals surface area (Å²) in [5.41, 5.74) is 1.35. The molecule has 0 aliphatic heterocycles. The molecular formula is C15H28. The van der Waals surface area contributed by atoms with Crippen LogP contribution in [0.25, 0.3) is 0 Å². The first-order valence-corrected chi connectivity index (χ1v) is 6.57. The third-order valence-electron chi connectivity index (χ3n) is 4.78. The molecule has 5 atom stereocenters. The molecule has 0 aromatic heterocycles. The van der Waals surface area contributed by atoms with Crippen LogP contribution < -0.4 is 0 Å². The summed E-state index contributed by atoms with van der Waals surface area (Å²) in [6, 6.07) is 0. The molecule has 1 saturated carbocycles. The molecule has 0 aromatic carbocycles. The molecule has 15 heavy (non-hydrogen) atoms. The molecule has 1 rings (SSSR count). The van der Waals surface area contributed by atoms with Crippen molar-refractivity contribution >= 4 is 0 Å². The maximum Gasteiger partial charge on any atom is -0.0323 e. The van der Waals surface area contributed by atoms with E-state index in [0.29, 0.717) is 0 Å². The fourth-order valence-electron chi connectivity index (χ4n) is 3.36. The number of hydrogen-bond acceptors (Lipinski definition) is 0. The lowest BCUT2D eigenvalue weighted by molar-refractivity contribution is 0.0682. The second-order valence-corrected chi connectivity index (χ2v) is 6.07. The molecule has 0 spiro atoms. The zero-order valence-electron chi connectivity index (χ0n) is 11.2. The standard InChI is InChI=1S/C15H28/c1-10(2)7-8-15-12(4)9-11(3)13(5)14(15)6/h11-15H,1,7-9H2,2-6H3. The van der Waals surface area contributed by atoms with Crippen molar-refractivity contribution in [1.82, 2.24) is 0 Å². The molecule has 1 fully saturated rings. The third kappa shape index (κ3) is 3.09. The van der Waals surface area contributed by atoms with E-state index in [1.165, 1.54) is 24.8 Å². The number of allylic oxidation sites excluding steroid dienone is 1. The fraction of sp³-hybridized carbons (Fsp3) is 0.867. The van der Waals surface area contributed by atoms with Crippen molar-refractivity contribution in [2.75, 3.05) is 0 Å². The van der Waals surface area contributed by atoms with Gasteiger partial charge in [-0.15, -0.1) is 6.58 Å². The van der Waals surface area contributed by atoms with Gasteiger partial charge in [-0.25, -0.2) is 0 Å². The first-order chi connectivity index (χ1) is 6.93. The van der Waals surface area contributed by atoms with E-state index in [1.807, 2.05) is 0 Å². The molecule has 5 unspecified atom stereocenters. The zero-order valence-corrected chi connectivity index (χ0v) is 11.2. The van der Waals surface area contributed by atoms with Crippen molar-refractivity contribution in [1.29, 1.82) is 0 Å². The van der Waals surface area contributed by atoms with Crippen molar-refractivity contribution in [3.8, 4) is 0 Å². The van der Waals surface area contributed by atoms with Gasteiger partial charge < -0.3 is 0 Å². The van der Waals surface area contributed by atoms with Crippen LogP contribution in [0.4, 0.5) is 0 Å².